The van der Waals surface area contributed by atoms with Gasteiger partial charge in [0.2, 0.25) is 0 Å². The number of rotatable bonds is 5. The molecule has 0 aliphatic rings. The zero-order chi connectivity index (χ0) is 16.2. The third-order valence-corrected chi connectivity index (χ3v) is 3.96. The zero-order valence-corrected chi connectivity index (χ0v) is 13.1. The Labute approximate surface area is 134 Å². The lowest BCUT2D eigenvalue weighted by Gasteiger charge is -2.13. The number of aryl methyl sites for hydroxylation is 1. The highest BCUT2D eigenvalue weighted by molar-refractivity contribution is 6.05. The fourth-order valence-corrected chi connectivity index (χ4v) is 2.93. The Morgan fingerprint density at radius 1 is 1.00 bits per heavy atom. The molecular formula is C19H19NO3. The SMILES string of the molecule is CCOC(=O)CCCn1c(=O)c2ccccc2c2ccccc21. The summed E-state index contributed by atoms with van der Waals surface area (Å²) in [6.07, 6.45) is 0.905. The summed E-state index contributed by atoms with van der Waals surface area (Å²) < 4.78 is 6.70. The van der Waals surface area contributed by atoms with Gasteiger partial charge in [-0.2, -0.15) is 0 Å². The van der Waals surface area contributed by atoms with Crippen molar-refractivity contribution in [1.29, 1.82) is 0 Å². The monoisotopic (exact) mass is 309 g/mol. The summed E-state index contributed by atoms with van der Waals surface area (Å²) >= 11 is 0. The highest BCUT2D eigenvalue weighted by Gasteiger charge is 2.10. The van der Waals surface area contributed by atoms with Gasteiger partial charge in [0.15, 0.2) is 0 Å². The fourth-order valence-electron chi connectivity index (χ4n) is 2.93. The summed E-state index contributed by atoms with van der Waals surface area (Å²) in [5.74, 6) is -0.217. The van der Waals surface area contributed by atoms with Gasteiger partial charge in [-0.15, -0.1) is 0 Å². The van der Waals surface area contributed by atoms with Crippen molar-refractivity contribution in [2.45, 2.75) is 26.3 Å². The molecule has 0 unspecified atom stereocenters. The number of hydrogen-bond donors (Lipinski definition) is 0. The van der Waals surface area contributed by atoms with E-state index in [1.54, 1.807) is 11.5 Å². The van der Waals surface area contributed by atoms with E-state index in [2.05, 4.69) is 0 Å². The Morgan fingerprint density at radius 2 is 1.65 bits per heavy atom. The first-order chi connectivity index (χ1) is 11.2. The molecule has 0 amide bonds. The molecule has 3 rings (SSSR count). The van der Waals surface area contributed by atoms with Gasteiger partial charge in [-0.25, -0.2) is 0 Å². The molecule has 4 heteroatoms. The average molecular weight is 309 g/mol. The molecule has 0 aliphatic heterocycles. The van der Waals surface area contributed by atoms with Crippen LogP contribution in [-0.4, -0.2) is 17.1 Å². The number of nitrogens with zero attached hydrogens (tertiary/aromatic N) is 1. The highest BCUT2D eigenvalue weighted by Crippen LogP contribution is 2.22. The summed E-state index contributed by atoms with van der Waals surface area (Å²) in [7, 11) is 0. The summed E-state index contributed by atoms with van der Waals surface area (Å²) in [6, 6.07) is 15.5. The Balaban J connectivity index is 2.03. The number of aromatic nitrogens is 1. The van der Waals surface area contributed by atoms with Gasteiger partial charge < -0.3 is 9.30 Å². The maximum absolute atomic E-state index is 12.8. The smallest absolute Gasteiger partial charge is 0.305 e. The van der Waals surface area contributed by atoms with E-state index in [4.69, 9.17) is 4.74 Å². The molecule has 0 fully saturated rings. The number of carbonyl (C=O) groups excluding carboxylic acids is 1. The second kappa shape index (κ2) is 6.65. The van der Waals surface area contributed by atoms with Crippen LogP contribution in [0.1, 0.15) is 19.8 Å². The van der Waals surface area contributed by atoms with Crippen LogP contribution in [0.4, 0.5) is 0 Å². The van der Waals surface area contributed by atoms with Gasteiger partial charge in [-0.05, 0) is 30.9 Å². The standard InChI is InChI=1S/C19H19NO3/c1-2-23-18(21)12-7-13-20-17-11-6-5-9-15(17)14-8-3-4-10-16(14)19(20)22/h3-6,8-11H,2,7,12-13H2,1H3. The Kier molecular flexibility index (Phi) is 4.42. The minimum Gasteiger partial charge on any atom is -0.466 e. The Bertz CT molecular complexity index is 911. The van der Waals surface area contributed by atoms with Gasteiger partial charge >= 0.3 is 5.97 Å². The van der Waals surface area contributed by atoms with Crippen molar-refractivity contribution in [3.8, 4) is 0 Å². The first-order valence-corrected chi connectivity index (χ1v) is 7.88. The van der Waals surface area contributed by atoms with Crippen molar-refractivity contribution in [1.82, 2.24) is 4.57 Å². The maximum atomic E-state index is 12.8. The van der Waals surface area contributed by atoms with Crippen molar-refractivity contribution < 1.29 is 9.53 Å². The largest absolute Gasteiger partial charge is 0.466 e. The highest BCUT2D eigenvalue weighted by atomic mass is 16.5. The van der Waals surface area contributed by atoms with E-state index in [1.165, 1.54) is 0 Å². The van der Waals surface area contributed by atoms with E-state index in [0.717, 1.165) is 16.3 Å². The molecule has 1 aromatic heterocycles. The summed E-state index contributed by atoms with van der Waals surface area (Å²) in [5.41, 5.74) is 0.892. The van der Waals surface area contributed by atoms with Crippen LogP contribution in [0.15, 0.2) is 53.3 Å². The van der Waals surface area contributed by atoms with Gasteiger partial charge in [0.05, 0.1) is 12.1 Å². The zero-order valence-electron chi connectivity index (χ0n) is 13.1. The number of carbonyl (C=O) groups is 1. The van der Waals surface area contributed by atoms with E-state index in [-0.39, 0.29) is 11.5 Å². The molecule has 0 saturated carbocycles. The molecule has 4 nitrogen and oxygen atoms in total. The number of pyridine rings is 1. The van der Waals surface area contributed by atoms with Gasteiger partial charge in [0.1, 0.15) is 0 Å². The van der Waals surface area contributed by atoms with Crippen LogP contribution in [0, 0.1) is 0 Å². The van der Waals surface area contributed by atoms with Crippen LogP contribution in [0.25, 0.3) is 21.7 Å². The Hall–Kier alpha value is -2.62. The molecule has 0 atom stereocenters. The van der Waals surface area contributed by atoms with Crippen molar-refractivity contribution in [3.05, 3.63) is 58.9 Å². The summed E-state index contributed by atoms with van der Waals surface area (Å²) in [5, 5.41) is 2.73. The van der Waals surface area contributed by atoms with Crippen LogP contribution >= 0.6 is 0 Å². The number of hydrogen-bond acceptors (Lipinski definition) is 3. The second-order valence-electron chi connectivity index (χ2n) is 5.43. The Morgan fingerprint density at radius 3 is 2.39 bits per heavy atom. The average Bonchev–Trinajstić information content (AvgIpc) is 2.58. The number of ether oxygens (including phenoxy) is 1. The van der Waals surface area contributed by atoms with Crippen LogP contribution in [0.3, 0.4) is 0 Å². The normalized spacial score (nSPS) is 11.0. The molecule has 0 saturated heterocycles. The number of para-hydroxylation sites is 1. The summed E-state index contributed by atoms with van der Waals surface area (Å²) in [6.45, 7) is 2.68. The lowest BCUT2D eigenvalue weighted by molar-refractivity contribution is -0.143. The van der Waals surface area contributed by atoms with Crippen molar-refractivity contribution in [2.24, 2.45) is 0 Å². The molecule has 23 heavy (non-hydrogen) atoms. The fraction of sp³-hybridized carbons (Fsp3) is 0.263. The van der Waals surface area contributed by atoms with Crippen molar-refractivity contribution >= 4 is 27.6 Å². The van der Waals surface area contributed by atoms with Crippen LogP contribution in [0.5, 0.6) is 0 Å². The van der Waals surface area contributed by atoms with Gasteiger partial charge in [0.25, 0.3) is 5.56 Å². The molecule has 0 bridgehead atoms. The minimum atomic E-state index is -0.217. The predicted octanol–water partition coefficient (Wildman–Crippen LogP) is 3.50. The quantitative estimate of drug-likeness (QED) is 0.535. The maximum Gasteiger partial charge on any atom is 0.305 e. The predicted molar refractivity (Wildman–Crippen MR) is 91.6 cm³/mol. The molecule has 118 valence electrons. The first-order valence-electron chi connectivity index (χ1n) is 7.88. The first kappa shape index (κ1) is 15.3. The minimum absolute atomic E-state index is 0.0110. The molecule has 0 radical (unpaired) electrons. The van der Waals surface area contributed by atoms with E-state index in [9.17, 15) is 9.59 Å². The van der Waals surface area contributed by atoms with E-state index in [0.29, 0.717) is 31.4 Å². The summed E-state index contributed by atoms with van der Waals surface area (Å²) in [4.78, 5) is 24.3. The molecule has 0 aliphatic carbocycles. The van der Waals surface area contributed by atoms with Crippen LogP contribution in [0.2, 0.25) is 0 Å². The number of benzene rings is 2. The third-order valence-electron chi connectivity index (χ3n) is 3.96. The lowest BCUT2D eigenvalue weighted by atomic mass is 10.1. The topological polar surface area (TPSA) is 48.3 Å². The number of fused-ring (bicyclic) bond motifs is 3. The molecule has 0 N–H and O–H groups in total. The molecule has 2 aromatic carbocycles. The third kappa shape index (κ3) is 2.97. The van der Waals surface area contributed by atoms with E-state index < -0.39 is 0 Å². The second-order valence-corrected chi connectivity index (χ2v) is 5.43. The van der Waals surface area contributed by atoms with Crippen LogP contribution < -0.4 is 5.56 Å². The van der Waals surface area contributed by atoms with Crippen molar-refractivity contribution in [3.63, 3.8) is 0 Å². The van der Waals surface area contributed by atoms with Crippen molar-refractivity contribution in [2.75, 3.05) is 6.61 Å². The lowest BCUT2D eigenvalue weighted by Crippen LogP contribution is -2.21. The molecular weight excluding hydrogens is 290 g/mol. The van der Waals surface area contributed by atoms with Crippen LogP contribution in [-0.2, 0) is 16.1 Å². The molecule has 1 heterocycles. The van der Waals surface area contributed by atoms with Gasteiger partial charge in [-0.3, -0.25) is 9.59 Å². The van der Waals surface area contributed by atoms with Gasteiger partial charge in [0, 0.05) is 23.7 Å². The molecule has 3 aromatic rings. The number of esters is 1. The van der Waals surface area contributed by atoms with Gasteiger partial charge in [-0.1, -0.05) is 36.4 Å². The molecule has 0 spiro atoms. The van der Waals surface area contributed by atoms with E-state index >= 15 is 0 Å². The van der Waals surface area contributed by atoms with E-state index in [1.807, 2.05) is 48.5 Å².